The first-order valence-electron chi connectivity index (χ1n) is 3.23. The molecule has 0 saturated carbocycles. The normalized spacial score (nSPS) is 20.6. The Morgan fingerprint density at radius 1 is 1.67 bits per heavy atom. The lowest BCUT2D eigenvalue weighted by atomic mass is 10.5. The van der Waals surface area contributed by atoms with Crippen molar-refractivity contribution in [3.8, 4) is 0 Å². The van der Waals surface area contributed by atoms with Crippen LogP contribution in [0.1, 0.15) is 6.92 Å². The number of allylic oxidation sites excluding steroid dienone is 2. The third kappa shape index (κ3) is 1.68. The molecule has 0 radical (unpaired) electrons. The summed E-state index contributed by atoms with van der Waals surface area (Å²) in [4.78, 5) is 3.98. The molecule has 0 aromatic rings. The van der Waals surface area contributed by atoms with Crippen LogP contribution in [0.2, 0.25) is 0 Å². The second-order valence-electron chi connectivity index (χ2n) is 2.00. The third-order valence-corrected chi connectivity index (χ3v) is 1.74. The molecule has 1 rings (SSSR count). The lowest BCUT2D eigenvalue weighted by Crippen LogP contribution is -2.16. The molecule has 5 heteroatoms. The van der Waals surface area contributed by atoms with Gasteiger partial charge in [0.1, 0.15) is 10.3 Å². The van der Waals surface area contributed by atoms with E-state index >= 15 is 0 Å². The van der Waals surface area contributed by atoms with Crippen LogP contribution in [0.4, 0.5) is 0 Å². The van der Waals surface area contributed by atoms with Gasteiger partial charge in [0, 0.05) is 12.8 Å². The van der Waals surface area contributed by atoms with Crippen molar-refractivity contribution < 1.29 is 0 Å². The highest BCUT2D eigenvalue weighted by molar-refractivity contribution is 6.69. The van der Waals surface area contributed by atoms with Crippen molar-refractivity contribution in [1.82, 2.24) is 5.01 Å². The summed E-state index contributed by atoms with van der Waals surface area (Å²) >= 11 is 11.5. The van der Waals surface area contributed by atoms with Gasteiger partial charge in [0.25, 0.3) is 0 Å². The number of hydrogen-bond acceptors (Lipinski definition) is 3. The zero-order valence-corrected chi connectivity index (χ0v) is 7.97. The number of halogens is 2. The van der Waals surface area contributed by atoms with Crippen molar-refractivity contribution in [2.24, 2.45) is 10.1 Å². The van der Waals surface area contributed by atoms with Crippen molar-refractivity contribution >= 4 is 35.1 Å². The number of aliphatic imine (C=N–C) groups is 1. The molecule has 0 aromatic carbocycles. The molecule has 64 valence electrons. The van der Waals surface area contributed by atoms with Crippen molar-refractivity contribution in [3.63, 3.8) is 0 Å². The van der Waals surface area contributed by atoms with Crippen molar-refractivity contribution in [1.29, 1.82) is 0 Å². The fourth-order valence-electron chi connectivity index (χ4n) is 0.785. The monoisotopic (exact) mass is 203 g/mol. The Hall–Kier alpha value is -0.800. The summed E-state index contributed by atoms with van der Waals surface area (Å²) in [5.41, 5.74) is 0. The van der Waals surface area contributed by atoms with E-state index < -0.39 is 0 Å². The van der Waals surface area contributed by atoms with Gasteiger partial charge in [-0.2, -0.15) is 5.10 Å². The van der Waals surface area contributed by atoms with E-state index in [1.807, 2.05) is 6.92 Å². The lowest BCUT2D eigenvalue weighted by molar-refractivity contribution is 0.478. The average Bonchev–Trinajstić information content (AvgIpc) is 2.03. The molecule has 0 unspecified atom stereocenters. The second-order valence-corrected chi connectivity index (χ2v) is 2.78. The quantitative estimate of drug-likeness (QED) is 0.476. The lowest BCUT2D eigenvalue weighted by Gasteiger charge is -2.20. The van der Waals surface area contributed by atoms with Gasteiger partial charge in [-0.1, -0.05) is 23.2 Å². The topological polar surface area (TPSA) is 28.0 Å². The van der Waals surface area contributed by atoms with Crippen LogP contribution >= 0.6 is 23.2 Å². The average molecular weight is 204 g/mol. The Balaban J connectivity index is 3.07. The first kappa shape index (κ1) is 9.29. The van der Waals surface area contributed by atoms with Crippen LogP contribution in [0.25, 0.3) is 0 Å². The molecule has 1 heterocycles. The summed E-state index contributed by atoms with van der Waals surface area (Å²) in [5.74, 6) is 0.572. The van der Waals surface area contributed by atoms with Crippen molar-refractivity contribution in [2.75, 3.05) is 0 Å². The SMILES string of the molecule is C=NN1C(Cl)=CC(Cl)=NC1=CC. The molecule has 1 aliphatic rings. The fourth-order valence-corrected chi connectivity index (χ4v) is 1.27. The van der Waals surface area contributed by atoms with Crippen molar-refractivity contribution in [3.05, 3.63) is 23.1 Å². The van der Waals surface area contributed by atoms with Crippen LogP contribution < -0.4 is 0 Å². The van der Waals surface area contributed by atoms with E-state index in [-0.39, 0.29) is 0 Å². The van der Waals surface area contributed by atoms with Crippen LogP contribution in [0.15, 0.2) is 33.2 Å². The first-order chi connectivity index (χ1) is 5.69. The maximum Gasteiger partial charge on any atom is 0.152 e. The molecule has 0 bridgehead atoms. The van der Waals surface area contributed by atoms with Gasteiger partial charge in [0.05, 0.1) is 0 Å². The van der Waals surface area contributed by atoms with Gasteiger partial charge in [-0.15, -0.1) is 0 Å². The van der Waals surface area contributed by atoms with E-state index in [1.165, 1.54) is 11.1 Å². The smallest absolute Gasteiger partial charge is 0.152 e. The summed E-state index contributed by atoms with van der Waals surface area (Å²) in [7, 11) is 0. The molecule has 0 atom stereocenters. The molecule has 0 aliphatic carbocycles. The minimum Gasteiger partial charge on any atom is -0.217 e. The maximum atomic E-state index is 5.80. The first-order valence-corrected chi connectivity index (χ1v) is 3.99. The predicted molar refractivity (Wildman–Crippen MR) is 52.4 cm³/mol. The Bertz CT molecular complexity index is 291. The van der Waals surface area contributed by atoms with Crippen LogP contribution in [0.5, 0.6) is 0 Å². The molecule has 0 amide bonds. The van der Waals surface area contributed by atoms with Crippen molar-refractivity contribution in [2.45, 2.75) is 6.92 Å². The summed E-state index contributed by atoms with van der Waals surface area (Å²) in [6, 6.07) is 0. The minimum absolute atomic E-state index is 0.341. The van der Waals surface area contributed by atoms with Gasteiger partial charge in [-0.25, -0.2) is 10.0 Å². The predicted octanol–water partition coefficient (Wildman–Crippen LogP) is 2.50. The number of hydrogen-bond donors (Lipinski definition) is 0. The molecule has 0 N–H and O–H groups in total. The van der Waals surface area contributed by atoms with E-state index in [2.05, 4.69) is 16.8 Å². The Labute approximate surface area is 80.7 Å². The van der Waals surface area contributed by atoms with Gasteiger partial charge in [0.15, 0.2) is 5.82 Å². The molecule has 12 heavy (non-hydrogen) atoms. The molecular formula is C7H7Cl2N3. The molecule has 0 aromatic heterocycles. The summed E-state index contributed by atoms with van der Waals surface area (Å²) in [6.07, 6.45) is 3.25. The Morgan fingerprint density at radius 3 is 2.83 bits per heavy atom. The number of rotatable bonds is 1. The van der Waals surface area contributed by atoms with E-state index in [4.69, 9.17) is 23.2 Å². The zero-order chi connectivity index (χ0) is 9.14. The largest absolute Gasteiger partial charge is 0.217 e. The maximum absolute atomic E-state index is 5.80. The van der Waals surface area contributed by atoms with Crippen LogP contribution in [0.3, 0.4) is 0 Å². The highest BCUT2D eigenvalue weighted by atomic mass is 35.5. The fraction of sp³-hybridized carbons (Fsp3) is 0.143. The molecule has 0 spiro atoms. The third-order valence-electron chi connectivity index (χ3n) is 1.28. The van der Waals surface area contributed by atoms with Crippen LogP contribution in [0, 0.1) is 0 Å². The van der Waals surface area contributed by atoms with Gasteiger partial charge in [0.2, 0.25) is 0 Å². The van der Waals surface area contributed by atoms with Crippen LogP contribution in [-0.2, 0) is 0 Å². The molecule has 3 nitrogen and oxygen atoms in total. The second kappa shape index (κ2) is 3.74. The summed E-state index contributed by atoms with van der Waals surface area (Å²) < 4.78 is 0. The summed E-state index contributed by atoms with van der Waals surface area (Å²) in [6.45, 7) is 5.17. The van der Waals surface area contributed by atoms with Crippen LogP contribution in [-0.4, -0.2) is 16.9 Å². The molecule has 0 fully saturated rings. The van der Waals surface area contributed by atoms with Gasteiger partial charge >= 0.3 is 0 Å². The zero-order valence-electron chi connectivity index (χ0n) is 6.46. The van der Waals surface area contributed by atoms with Gasteiger partial charge in [-0.3, -0.25) is 0 Å². The van der Waals surface area contributed by atoms with Gasteiger partial charge in [-0.05, 0) is 13.0 Å². The van der Waals surface area contributed by atoms with E-state index in [0.717, 1.165) is 0 Å². The number of nitrogens with zero attached hydrogens (tertiary/aromatic N) is 3. The molecular weight excluding hydrogens is 197 g/mol. The van der Waals surface area contributed by atoms with E-state index in [9.17, 15) is 0 Å². The Morgan fingerprint density at radius 2 is 2.33 bits per heavy atom. The molecule has 0 saturated heterocycles. The highest BCUT2D eigenvalue weighted by Crippen LogP contribution is 2.23. The Kier molecular flexibility index (Phi) is 2.89. The minimum atomic E-state index is 0.341. The highest BCUT2D eigenvalue weighted by Gasteiger charge is 2.15. The van der Waals surface area contributed by atoms with Gasteiger partial charge < -0.3 is 0 Å². The number of hydrazone groups is 1. The summed E-state index contributed by atoms with van der Waals surface area (Å²) in [5, 5.41) is 5.79. The van der Waals surface area contributed by atoms with E-state index in [0.29, 0.717) is 16.1 Å². The standard InChI is InChI=1S/C7H7Cl2N3/c1-3-7-11-5(8)4-6(9)12(7)10-2/h3-4H,2H2,1H3. The van der Waals surface area contributed by atoms with E-state index in [1.54, 1.807) is 6.08 Å². The molecule has 1 aliphatic heterocycles.